The SMILES string of the molecule is CC(C)c1cccnc1CC1CCCN1. The van der Waals surface area contributed by atoms with Crippen molar-refractivity contribution < 1.29 is 0 Å². The van der Waals surface area contributed by atoms with Crippen LogP contribution in [0.3, 0.4) is 0 Å². The van der Waals surface area contributed by atoms with Gasteiger partial charge in [-0.25, -0.2) is 0 Å². The summed E-state index contributed by atoms with van der Waals surface area (Å²) in [6.45, 7) is 5.65. The van der Waals surface area contributed by atoms with Crippen LogP contribution in [0.5, 0.6) is 0 Å². The molecule has 0 aromatic carbocycles. The Labute approximate surface area is 92.1 Å². The molecule has 1 aromatic heterocycles. The van der Waals surface area contributed by atoms with Crippen molar-refractivity contribution in [2.24, 2.45) is 0 Å². The number of nitrogens with zero attached hydrogens (tertiary/aromatic N) is 1. The largest absolute Gasteiger partial charge is 0.314 e. The lowest BCUT2D eigenvalue weighted by atomic mass is 9.97. The van der Waals surface area contributed by atoms with E-state index in [1.807, 2.05) is 12.3 Å². The molecule has 82 valence electrons. The van der Waals surface area contributed by atoms with E-state index in [2.05, 4.69) is 30.2 Å². The molecule has 1 aliphatic rings. The minimum Gasteiger partial charge on any atom is -0.314 e. The van der Waals surface area contributed by atoms with E-state index in [-0.39, 0.29) is 0 Å². The zero-order valence-electron chi connectivity index (χ0n) is 9.66. The fraction of sp³-hybridized carbons (Fsp3) is 0.615. The Kier molecular flexibility index (Phi) is 3.37. The zero-order valence-corrected chi connectivity index (χ0v) is 9.66. The monoisotopic (exact) mass is 204 g/mol. The van der Waals surface area contributed by atoms with Gasteiger partial charge in [0.15, 0.2) is 0 Å². The van der Waals surface area contributed by atoms with Crippen LogP contribution < -0.4 is 5.32 Å². The third-order valence-corrected chi connectivity index (χ3v) is 3.15. The van der Waals surface area contributed by atoms with Gasteiger partial charge in [-0.1, -0.05) is 19.9 Å². The topological polar surface area (TPSA) is 24.9 Å². The first-order valence-corrected chi connectivity index (χ1v) is 5.94. The van der Waals surface area contributed by atoms with Gasteiger partial charge in [0.1, 0.15) is 0 Å². The predicted molar refractivity (Wildman–Crippen MR) is 63.1 cm³/mol. The molecule has 0 aliphatic carbocycles. The lowest BCUT2D eigenvalue weighted by Crippen LogP contribution is -2.24. The third-order valence-electron chi connectivity index (χ3n) is 3.15. The lowest BCUT2D eigenvalue weighted by molar-refractivity contribution is 0.589. The van der Waals surface area contributed by atoms with E-state index < -0.39 is 0 Å². The molecule has 0 bridgehead atoms. The first-order chi connectivity index (χ1) is 7.27. The number of pyridine rings is 1. The summed E-state index contributed by atoms with van der Waals surface area (Å²) in [4.78, 5) is 4.52. The molecule has 2 heterocycles. The van der Waals surface area contributed by atoms with Crippen LogP contribution in [0.25, 0.3) is 0 Å². The molecule has 1 atom stereocenters. The van der Waals surface area contributed by atoms with Crippen LogP contribution in [0, 0.1) is 0 Å². The van der Waals surface area contributed by atoms with E-state index in [9.17, 15) is 0 Å². The van der Waals surface area contributed by atoms with Gasteiger partial charge in [0.05, 0.1) is 0 Å². The second-order valence-corrected chi connectivity index (χ2v) is 4.69. The summed E-state index contributed by atoms with van der Waals surface area (Å²) in [5.74, 6) is 0.579. The van der Waals surface area contributed by atoms with Gasteiger partial charge in [-0.15, -0.1) is 0 Å². The van der Waals surface area contributed by atoms with E-state index in [4.69, 9.17) is 0 Å². The molecule has 2 nitrogen and oxygen atoms in total. The molecule has 1 aliphatic heterocycles. The summed E-state index contributed by atoms with van der Waals surface area (Å²) < 4.78 is 0. The molecule has 2 heteroatoms. The summed E-state index contributed by atoms with van der Waals surface area (Å²) in [5.41, 5.74) is 2.69. The van der Waals surface area contributed by atoms with Gasteiger partial charge in [-0.2, -0.15) is 0 Å². The van der Waals surface area contributed by atoms with Crippen LogP contribution in [0.2, 0.25) is 0 Å². The summed E-state index contributed by atoms with van der Waals surface area (Å²) in [6.07, 6.45) is 5.62. The van der Waals surface area contributed by atoms with Crippen molar-refractivity contribution in [3.8, 4) is 0 Å². The molecule has 1 fully saturated rings. The molecule has 0 spiro atoms. The molecule has 2 rings (SSSR count). The highest BCUT2D eigenvalue weighted by molar-refractivity contribution is 5.24. The minimum atomic E-state index is 0.579. The van der Waals surface area contributed by atoms with E-state index in [0.29, 0.717) is 12.0 Å². The Morgan fingerprint density at radius 2 is 2.40 bits per heavy atom. The molecule has 0 radical (unpaired) electrons. The summed E-state index contributed by atoms with van der Waals surface area (Å²) >= 11 is 0. The van der Waals surface area contributed by atoms with E-state index >= 15 is 0 Å². The fourth-order valence-corrected chi connectivity index (χ4v) is 2.31. The standard InChI is InChI=1S/C13H20N2/c1-10(2)12-6-4-8-15-13(12)9-11-5-3-7-14-11/h4,6,8,10-11,14H,3,5,7,9H2,1-2H3. The second-order valence-electron chi connectivity index (χ2n) is 4.69. The molecule has 15 heavy (non-hydrogen) atoms. The Hall–Kier alpha value is -0.890. The Balaban J connectivity index is 2.12. The molecule has 0 amide bonds. The van der Waals surface area contributed by atoms with Crippen molar-refractivity contribution in [2.75, 3.05) is 6.54 Å². The Morgan fingerprint density at radius 3 is 3.07 bits per heavy atom. The van der Waals surface area contributed by atoms with Crippen LogP contribution in [0.15, 0.2) is 18.3 Å². The van der Waals surface area contributed by atoms with Crippen molar-refractivity contribution in [3.63, 3.8) is 0 Å². The minimum absolute atomic E-state index is 0.579. The highest BCUT2D eigenvalue weighted by Crippen LogP contribution is 2.20. The van der Waals surface area contributed by atoms with Crippen LogP contribution in [-0.4, -0.2) is 17.6 Å². The van der Waals surface area contributed by atoms with Crippen molar-refractivity contribution in [3.05, 3.63) is 29.6 Å². The van der Waals surface area contributed by atoms with Crippen LogP contribution in [-0.2, 0) is 6.42 Å². The van der Waals surface area contributed by atoms with Gasteiger partial charge >= 0.3 is 0 Å². The maximum absolute atomic E-state index is 4.52. The molecular weight excluding hydrogens is 184 g/mol. The van der Waals surface area contributed by atoms with Gasteiger partial charge < -0.3 is 5.32 Å². The maximum atomic E-state index is 4.52. The van der Waals surface area contributed by atoms with Crippen LogP contribution in [0.4, 0.5) is 0 Å². The first-order valence-electron chi connectivity index (χ1n) is 5.94. The number of nitrogens with one attached hydrogen (secondary N) is 1. The molecule has 1 unspecified atom stereocenters. The number of aromatic nitrogens is 1. The Morgan fingerprint density at radius 1 is 1.53 bits per heavy atom. The number of hydrogen-bond donors (Lipinski definition) is 1. The Bertz CT molecular complexity index is 314. The van der Waals surface area contributed by atoms with Gasteiger partial charge in [0.25, 0.3) is 0 Å². The fourth-order valence-electron chi connectivity index (χ4n) is 2.31. The lowest BCUT2D eigenvalue weighted by Gasteiger charge is -2.15. The predicted octanol–water partition coefficient (Wildman–Crippen LogP) is 2.50. The van der Waals surface area contributed by atoms with Crippen molar-refractivity contribution in [2.45, 2.75) is 45.1 Å². The second kappa shape index (κ2) is 4.75. The number of hydrogen-bond acceptors (Lipinski definition) is 2. The zero-order chi connectivity index (χ0) is 10.7. The van der Waals surface area contributed by atoms with Crippen LogP contribution >= 0.6 is 0 Å². The first kappa shape index (κ1) is 10.6. The van der Waals surface area contributed by atoms with E-state index in [1.54, 1.807) is 0 Å². The molecule has 1 N–H and O–H groups in total. The molecular formula is C13H20N2. The normalized spacial score (nSPS) is 21.1. The highest BCUT2D eigenvalue weighted by Gasteiger charge is 2.17. The average molecular weight is 204 g/mol. The number of rotatable bonds is 3. The average Bonchev–Trinajstić information content (AvgIpc) is 2.71. The van der Waals surface area contributed by atoms with Gasteiger partial charge in [0, 0.05) is 24.4 Å². The van der Waals surface area contributed by atoms with Crippen molar-refractivity contribution >= 4 is 0 Å². The van der Waals surface area contributed by atoms with Crippen molar-refractivity contribution in [1.29, 1.82) is 0 Å². The van der Waals surface area contributed by atoms with Gasteiger partial charge in [0.2, 0.25) is 0 Å². The van der Waals surface area contributed by atoms with Crippen LogP contribution in [0.1, 0.15) is 43.9 Å². The van der Waals surface area contributed by atoms with Gasteiger partial charge in [-0.05, 0) is 36.9 Å². The van der Waals surface area contributed by atoms with Gasteiger partial charge in [-0.3, -0.25) is 4.98 Å². The highest BCUT2D eigenvalue weighted by atomic mass is 14.9. The molecule has 1 saturated heterocycles. The summed E-state index contributed by atoms with van der Waals surface area (Å²) in [6, 6.07) is 4.90. The quantitative estimate of drug-likeness (QED) is 0.818. The summed E-state index contributed by atoms with van der Waals surface area (Å²) in [7, 11) is 0. The maximum Gasteiger partial charge on any atom is 0.0453 e. The third kappa shape index (κ3) is 2.57. The van der Waals surface area contributed by atoms with Crippen molar-refractivity contribution in [1.82, 2.24) is 10.3 Å². The van der Waals surface area contributed by atoms with E-state index in [0.717, 1.165) is 6.42 Å². The molecule has 1 aromatic rings. The smallest absolute Gasteiger partial charge is 0.0453 e. The summed E-state index contributed by atoms with van der Waals surface area (Å²) in [5, 5.41) is 3.53. The molecule has 0 saturated carbocycles. The van der Waals surface area contributed by atoms with E-state index in [1.165, 1.54) is 30.6 Å².